The first-order valence-corrected chi connectivity index (χ1v) is 6.11. The Hall–Kier alpha value is 0.130. The zero-order valence-corrected chi connectivity index (χ0v) is 11.2. The van der Waals surface area contributed by atoms with E-state index in [4.69, 9.17) is 5.11 Å². The molecule has 5 heteroatoms. The minimum absolute atomic E-state index is 0.181. The summed E-state index contributed by atoms with van der Waals surface area (Å²) in [5.41, 5.74) is 0.889. The summed E-state index contributed by atoms with van der Waals surface area (Å²) >= 11 is 9.53. The molecule has 0 bridgehead atoms. The first-order valence-electron chi connectivity index (χ1n) is 3.72. The summed E-state index contributed by atoms with van der Waals surface area (Å²) in [7, 11) is 0. The van der Waals surface area contributed by atoms with Gasteiger partial charge in [0.25, 0.3) is 0 Å². The number of thiol groups is 2. The summed E-state index contributed by atoms with van der Waals surface area (Å²) in [6.45, 7) is 5.87. The maximum atomic E-state index is 8.93. The Morgan fingerprint density at radius 1 is 1.31 bits per heavy atom. The fourth-order valence-corrected chi connectivity index (χ4v) is 0.930. The Labute approximate surface area is 98.1 Å². The van der Waals surface area contributed by atoms with E-state index in [0.717, 1.165) is 5.69 Å². The van der Waals surface area contributed by atoms with E-state index in [-0.39, 0.29) is 5.75 Å². The molecule has 76 valence electrons. The number of rotatable bonds is 0. The van der Waals surface area contributed by atoms with Gasteiger partial charge in [-0.1, -0.05) is 13.8 Å². The fourth-order valence-electron chi connectivity index (χ4n) is 0.518. The van der Waals surface area contributed by atoms with Gasteiger partial charge in [0.1, 0.15) is 10.4 Å². The number of pyridine rings is 1. The zero-order valence-electron chi connectivity index (χ0n) is 7.82. The van der Waals surface area contributed by atoms with Crippen molar-refractivity contribution in [2.45, 2.75) is 20.8 Å². The molecular formula is C8H14BrNOS2. The molecule has 1 aromatic rings. The molecule has 0 fully saturated rings. The molecule has 0 radical (unpaired) electrons. The summed E-state index contributed by atoms with van der Waals surface area (Å²) in [4.78, 5) is 3.94. The second-order valence-electron chi connectivity index (χ2n) is 1.76. The van der Waals surface area contributed by atoms with Crippen LogP contribution < -0.4 is 0 Å². The third-order valence-electron chi connectivity index (χ3n) is 0.968. The van der Waals surface area contributed by atoms with E-state index in [0.29, 0.717) is 4.60 Å². The summed E-state index contributed by atoms with van der Waals surface area (Å²) < 4.78 is 0.502. The SMILES string of the molecule is CC.Cc1ccc(O)c(Br)n1.SS. The highest BCUT2D eigenvalue weighted by molar-refractivity contribution is 9.10. The molecule has 13 heavy (non-hydrogen) atoms. The number of nitrogens with zero attached hydrogens (tertiary/aromatic N) is 1. The topological polar surface area (TPSA) is 33.1 Å². The third kappa shape index (κ3) is 7.22. The van der Waals surface area contributed by atoms with Crippen molar-refractivity contribution >= 4 is 39.3 Å². The number of hydrogen-bond acceptors (Lipinski definition) is 4. The quantitative estimate of drug-likeness (QED) is 0.386. The average molecular weight is 284 g/mol. The van der Waals surface area contributed by atoms with Crippen molar-refractivity contribution in [3.8, 4) is 5.75 Å². The number of aromatic hydroxyl groups is 1. The lowest BCUT2D eigenvalue weighted by Gasteiger charge is -1.94. The minimum Gasteiger partial charge on any atom is -0.505 e. The van der Waals surface area contributed by atoms with Gasteiger partial charge >= 0.3 is 0 Å². The molecule has 0 spiro atoms. The predicted octanol–water partition coefficient (Wildman–Crippen LogP) is 3.65. The van der Waals surface area contributed by atoms with Gasteiger partial charge in [-0.05, 0) is 35.0 Å². The van der Waals surface area contributed by atoms with E-state index in [1.807, 2.05) is 20.8 Å². The maximum absolute atomic E-state index is 8.93. The molecular weight excluding hydrogens is 270 g/mol. The van der Waals surface area contributed by atoms with Crippen LogP contribution in [0.2, 0.25) is 0 Å². The molecule has 1 heterocycles. The lowest BCUT2D eigenvalue weighted by atomic mass is 10.4. The van der Waals surface area contributed by atoms with Gasteiger partial charge in [0.2, 0.25) is 0 Å². The van der Waals surface area contributed by atoms with Gasteiger partial charge in [0, 0.05) is 5.69 Å². The molecule has 0 saturated carbocycles. The van der Waals surface area contributed by atoms with Crippen LogP contribution in [0.4, 0.5) is 0 Å². The zero-order chi connectivity index (χ0) is 10.9. The number of hydrogen-bond donors (Lipinski definition) is 3. The van der Waals surface area contributed by atoms with Crippen LogP contribution >= 0.6 is 39.3 Å². The van der Waals surface area contributed by atoms with E-state index in [1.54, 1.807) is 12.1 Å². The van der Waals surface area contributed by atoms with E-state index < -0.39 is 0 Å². The van der Waals surface area contributed by atoms with Crippen LogP contribution in [-0.4, -0.2) is 10.1 Å². The Kier molecular flexibility index (Phi) is 12.3. The number of halogens is 1. The molecule has 0 unspecified atom stereocenters. The molecule has 2 nitrogen and oxygen atoms in total. The van der Waals surface area contributed by atoms with Crippen molar-refractivity contribution in [3.63, 3.8) is 0 Å². The third-order valence-corrected chi connectivity index (χ3v) is 1.55. The average Bonchev–Trinajstić information content (AvgIpc) is 2.18. The van der Waals surface area contributed by atoms with Crippen LogP contribution in [0.25, 0.3) is 0 Å². The van der Waals surface area contributed by atoms with Gasteiger partial charge in [0.15, 0.2) is 0 Å². The standard InChI is InChI=1S/C6H6BrNO.C2H6.H2S2/c1-4-2-3-5(9)6(7)8-4;2*1-2/h2-3,9H,1H3;1-2H3;1-2H. The molecule has 1 N–H and O–H groups in total. The van der Waals surface area contributed by atoms with E-state index in [1.165, 1.54) is 0 Å². The van der Waals surface area contributed by atoms with Crippen molar-refractivity contribution < 1.29 is 5.11 Å². The van der Waals surface area contributed by atoms with Crippen LogP contribution in [-0.2, 0) is 0 Å². The Morgan fingerprint density at radius 3 is 2.08 bits per heavy atom. The highest BCUT2D eigenvalue weighted by Crippen LogP contribution is 2.19. The number of aromatic nitrogens is 1. The fraction of sp³-hybridized carbons (Fsp3) is 0.375. The van der Waals surface area contributed by atoms with Crippen molar-refractivity contribution in [1.82, 2.24) is 4.98 Å². The van der Waals surface area contributed by atoms with Gasteiger partial charge in [-0.2, -0.15) is 0 Å². The highest BCUT2D eigenvalue weighted by atomic mass is 79.9. The molecule has 1 rings (SSSR count). The van der Waals surface area contributed by atoms with Crippen molar-refractivity contribution in [3.05, 3.63) is 22.4 Å². The lowest BCUT2D eigenvalue weighted by Crippen LogP contribution is -1.79. The number of aryl methyl sites for hydroxylation is 1. The van der Waals surface area contributed by atoms with Crippen molar-refractivity contribution in [1.29, 1.82) is 0 Å². The molecule has 0 aromatic carbocycles. The molecule has 0 aliphatic heterocycles. The monoisotopic (exact) mass is 283 g/mol. The van der Waals surface area contributed by atoms with Crippen molar-refractivity contribution in [2.24, 2.45) is 0 Å². The lowest BCUT2D eigenvalue weighted by molar-refractivity contribution is 0.468. The summed E-state index contributed by atoms with van der Waals surface area (Å²) in [5, 5.41) is 8.93. The van der Waals surface area contributed by atoms with Crippen LogP contribution in [0.15, 0.2) is 16.7 Å². The minimum atomic E-state index is 0.181. The van der Waals surface area contributed by atoms with Gasteiger partial charge in [-0.15, -0.1) is 23.3 Å². The van der Waals surface area contributed by atoms with Crippen LogP contribution in [0.5, 0.6) is 5.75 Å². The Morgan fingerprint density at radius 2 is 1.77 bits per heavy atom. The van der Waals surface area contributed by atoms with Crippen molar-refractivity contribution in [2.75, 3.05) is 0 Å². The molecule has 0 amide bonds. The van der Waals surface area contributed by atoms with Gasteiger partial charge < -0.3 is 5.11 Å². The van der Waals surface area contributed by atoms with Gasteiger partial charge in [-0.3, -0.25) is 0 Å². The summed E-state index contributed by atoms with van der Waals surface area (Å²) in [6.07, 6.45) is 0. The highest BCUT2D eigenvalue weighted by Gasteiger charge is 1.95. The Balaban J connectivity index is 0. The molecule has 0 saturated heterocycles. The van der Waals surface area contributed by atoms with E-state index in [2.05, 4.69) is 44.2 Å². The largest absolute Gasteiger partial charge is 0.505 e. The van der Waals surface area contributed by atoms with Crippen LogP contribution in [0.1, 0.15) is 19.5 Å². The molecule has 0 aliphatic carbocycles. The first-order chi connectivity index (χ1) is 6.20. The van der Waals surface area contributed by atoms with E-state index >= 15 is 0 Å². The molecule has 1 aromatic heterocycles. The molecule has 0 aliphatic rings. The maximum Gasteiger partial charge on any atom is 0.148 e. The normalized spacial score (nSPS) is 7.54. The smallest absolute Gasteiger partial charge is 0.148 e. The summed E-state index contributed by atoms with van der Waals surface area (Å²) in [6, 6.07) is 3.35. The second-order valence-corrected chi connectivity index (χ2v) is 2.51. The Bertz CT molecular complexity index is 233. The molecule has 0 atom stereocenters. The summed E-state index contributed by atoms with van der Waals surface area (Å²) in [5.74, 6) is 0.181. The predicted molar refractivity (Wildman–Crippen MR) is 67.7 cm³/mol. The van der Waals surface area contributed by atoms with E-state index in [9.17, 15) is 0 Å². The van der Waals surface area contributed by atoms with Crippen LogP contribution in [0.3, 0.4) is 0 Å². The van der Waals surface area contributed by atoms with Gasteiger partial charge in [0.05, 0.1) is 0 Å². The van der Waals surface area contributed by atoms with Crippen LogP contribution in [0, 0.1) is 6.92 Å². The first kappa shape index (κ1) is 15.6. The second kappa shape index (κ2) is 10.2. The van der Waals surface area contributed by atoms with Gasteiger partial charge in [-0.25, -0.2) is 4.98 Å².